The van der Waals surface area contributed by atoms with Gasteiger partial charge in [-0.1, -0.05) is 18.2 Å². The number of hydrogen-bond donors (Lipinski definition) is 0. The molecule has 0 unspecified atom stereocenters. The zero-order chi connectivity index (χ0) is 17.6. The van der Waals surface area contributed by atoms with Crippen molar-refractivity contribution in [3.63, 3.8) is 0 Å². The van der Waals surface area contributed by atoms with Crippen LogP contribution in [-0.2, 0) is 9.47 Å². The van der Waals surface area contributed by atoms with Crippen molar-refractivity contribution in [2.24, 2.45) is 0 Å². The third kappa shape index (κ3) is 2.47. The minimum Gasteiger partial charge on any atom is -0.463 e. The molecule has 0 amide bonds. The molecule has 0 saturated carbocycles. The summed E-state index contributed by atoms with van der Waals surface area (Å²) in [6.07, 6.45) is 11.6. The van der Waals surface area contributed by atoms with E-state index in [2.05, 4.69) is 46.8 Å². The Kier molecular flexibility index (Phi) is 3.71. The van der Waals surface area contributed by atoms with E-state index in [0.29, 0.717) is 5.88 Å². The van der Waals surface area contributed by atoms with Gasteiger partial charge in [-0.25, -0.2) is 0 Å². The largest absolute Gasteiger partial charge is 0.463 e. The second-order valence-electron chi connectivity index (χ2n) is 6.46. The summed E-state index contributed by atoms with van der Waals surface area (Å²) in [6, 6.07) is 0. The Morgan fingerprint density at radius 3 is 2.24 bits per heavy atom. The third-order valence-electron chi connectivity index (χ3n) is 4.83. The fraction of sp³-hybridized carbons (Fsp3) is 0.300. The molecule has 1 aliphatic heterocycles. The summed E-state index contributed by atoms with van der Waals surface area (Å²) in [6.45, 7) is 8.13. The molecule has 0 spiro atoms. The molecule has 2 aromatic heterocycles. The number of fused-ring (bicyclic) bond motifs is 1. The van der Waals surface area contributed by atoms with Crippen LogP contribution >= 0.6 is 0 Å². The Labute approximate surface area is 147 Å². The number of allylic oxidation sites excluding steroid dienone is 4. The number of ether oxygens (including phenoxy) is 2. The molecule has 25 heavy (non-hydrogen) atoms. The number of aryl methyl sites for hydroxylation is 4. The first kappa shape index (κ1) is 15.7. The normalized spacial score (nSPS) is 16.9. The van der Waals surface area contributed by atoms with Crippen molar-refractivity contribution in [3.8, 4) is 0 Å². The molecule has 128 valence electrons. The molecule has 0 aromatic carbocycles. The van der Waals surface area contributed by atoms with Crippen molar-refractivity contribution in [1.82, 2.24) is 14.8 Å². The minimum absolute atomic E-state index is 0.665. The summed E-state index contributed by atoms with van der Waals surface area (Å²) >= 11 is 0. The van der Waals surface area contributed by atoms with E-state index in [0.717, 1.165) is 57.7 Å². The van der Waals surface area contributed by atoms with Gasteiger partial charge in [0.05, 0.1) is 11.4 Å². The summed E-state index contributed by atoms with van der Waals surface area (Å²) in [5, 5.41) is 10.8. The smallest absolute Gasteiger partial charge is 0.240 e. The first-order chi connectivity index (χ1) is 12.1. The lowest BCUT2D eigenvalue weighted by Crippen LogP contribution is -2.10. The second-order valence-corrected chi connectivity index (χ2v) is 6.46. The molecular weight excluding hydrogens is 314 g/mol. The summed E-state index contributed by atoms with van der Waals surface area (Å²) in [5.41, 5.74) is 5.16. The Hall–Kier alpha value is -2.82. The van der Waals surface area contributed by atoms with Gasteiger partial charge in [0, 0.05) is 22.2 Å². The van der Waals surface area contributed by atoms with E-state index in [1.807, 2.05) is 13.8 Å². The summed E-state index contributed by atoms with van der Waals surface area (Å²) in [4.78, 5) is 0. The number of hydrogen-bond acceptors (Lipinski definition) is 4. The quantitative estimate of drug-likeness (QED) is 0.806. The van der Waals surface area contributed by atoms with E-state index in [1.54, 1.807) is 12.5 Å². The van der Waals surface area contributed by atoms with Crippen molar-refractivity contribution < 1.29 is 9.47 Å². The highest BCUT2D eigenvalue weighted by Gasteiger charge is 2.23. The minimum atomic E-state index is 0.665. The van der Waals surface area contributed by atoms with Crippen LogP contribution in [-0.4, -0.2) is 14.8 Å². The van der Waals surface area contributed by atoms with Crippen molar-refractivity contribution in [1.29, 1.82) is 0 Å². The van der Waals surface area contributed by atoms with Crippen LogP contribution in [0, 0.1) is 27.7 Å². The van der Waals surface area contributed by atoms with Crippen LogP contribution in [0.1, 0.15) is 35.6 Å². The number of nitrogens with zero attached hydrogens (tertiary/aromatic N) is 3. The van der Waals surface area contributed by atoms with Crippen molar-refractivity contribution in [2.75, 3.05) is 0 Å². The Bertz CT molecular complexity index is 945. The molecule has 5 nitrogen and oxygen atoms in total. The molecule has 0 saturated heterocycles. The maximum Gasteiger partial charge on any atom is 0.240 e. The van der Waals surface area contributed by atoms with Crippen LogP contribution < -0.4 is 0 Å². The van der Waals surface area contributed by atoms with Crippen LogP contribution in [0.4, 0.5) is 0 Å². The average molecular weight is 335 g/mol. The molecule has 4 rings (SSSR count). The van der Waals surface area contributed by atoms with Gasteiger partial charge < -0.3 is 9.47 Å². The average Bonchev–Trinajstić information content (AvgIpc) is 2.91. The topological polar surface area (TPSA) is 49.2 Å². The molecule has 3 heterocycles. The maximum atomic E-state index is 6.20. The fourth-order valence-electron chi connectivity index (χ4n) is 3.67. The van der Waals surface area contributed by atoms with E-state index in [1.165, 1.54) is 0 Å². The first-order valence-electron chi connectivity index (χ1n) is 8.49. The first-order valence-corrected chi connectivity index (χ1v) is 8.49. The molecule has 2 aliphatic rings. The third-order valence-corrected chi connectivity index (χ3v) is 4.83. The molecule has 5 heteroatoms. The van der Waals surface area contributed by atoms with Crippen LogP contribution in [0.5, 0.6) is 0 Å². The lowest BCUT2D eigenvalue weighted by Gasteiger charge is -2.21. The van der Waals surface area contributed by atoms with Gasteiger partial charge >= 0.3 is 0 Å². The number of aromatic nitrogens is 3. The molecule has 2 aromatic rings. The van der Waals surface area contributed by atoms with E-state index in [-0.39, 0.29) is 0 Å². The Balaban J connectivity index is 1.79. The van der Waals surface area contributed by atoms with Crippen molar-refractivity contribution in [3.05, 3.63) is 64.9 Å². The van der Waals surface area contributed by atoms with Gasteiger partial charge in [-0.2, -0.15) is 10.2 Å². The summed E-state index contributed by atoms with van der Waals surface area (Å²) in [7, 11) is 0. The SMILES string of the molecule is Cc1nnc(C)c2c(C)n(C3=COC=C(C4=CC=CCC4)O3)c(C)c12. The van der Waals surface area contributed by atoms with Gasteiger partial charge in [0.15, 0.2) is 12.0 Å². The zero-order valence-corrected chi connectivity index (χ0v) is 15.0. The van der Waals surface area contributed by atoms with E-state index < -0.39 is 0 Å². The standard InChI is InChI=1S/C20H21N3O2/c1-12-19-14(3)23(15(4)20(19)13(2)22-21-12)18-11-24-10-17(25-18)16-8-6-5-7-9-16/h5-6,8,10-11H,7,9H2,1-4H3. The summed E-state index contributed by atoms with van der Waals surface area (Å²) < 4.78 is 13.9. The fourth-order valence-corrected chi connectivity index (χ4v) is 3.67. The van der Waals surface area contributed by atoms with Crippen LogP contribution in [0.2, 0.25) is 0 Å². The molecule has 1 aliphatic carbocycles. The molecule has 0 atom stereocenters. The highest BCUT2D eigenvalue weighted by atomic mass is 16.6. The highest BCUT2D eigenvalue weighted by Crippen LogP contribution is 2.34. The lowest BCUT2D eigenvalue weighted by molar-refractivity contribution is 0.268. The van der Waals surface area contributed by atoms with Crippen LogP contribution in [0.25, 0.3) is 16.7 Å². The van der Waals surface area contributed by atoms with E-state index >= 15 is 0 Å². The predicted octanol–water partition coefficient (Wildman–Crippen LogP) is 4.59. The van der Waals surface area contributed by atoms with E-state index in [9.17, 15) is 0 Å². The lowest BCUT2D eigenvalue weighted by atomic mass is 10.0. The monoisotopic (exact) mass is 335 g/mol. The van der Waals surface area contributed by atoms with Gasteiger partial charge in [0.1, 0.15) is 6.26 Å². The number of rotatable bonds is 2. The zero-order valence-electron chi connectivity index (χ0n) is 15.0. The van der Waals surface area contributed by atoms with Crippen LogP contribution in [0.15, 0.2) is 42.1 Å². The highest BCUT2D eigenvalue weighted by molar-refractivity contribution is 5.93. The van der Waals surface area contributed by atoms with Gasteiger partial charge in [0.2, 0.25) is 5.88 Å². The molecule has 0 fully saturated rings. The van der Waals surface area contributed by atoms with Gasteiger partial charge in [-0.05, 0) is 46.1 Å². The van der Waals surface area contributed by atoms with Crippen molar-refractivity contribution in [2.45, 2.75) is 40.5 Å². The van der Waals surface area contributed by atoms with Gasteiger partial charge in [-0.3, -0.25) is 4.57 Å². The second kappa shape index (κ2) is 5.92. The van der Waals surface area contributed by atoms with E-state index in [4.69, 9.17) is 9.47 Å². The molecule has 0 N–H and O–H groups in total. The molecule has 0 radical (unpaired) electrons. The van der Waals surface area contributed by atoms with Crippen molar-refractivity contribution >= 4 is 16.7 Å². The summed E-state index contributed by atoms with van der Waals surface area (Å²) in [5.74, 6) is 1.43. The molecular formula is C20H21N3O2. The van der Waals surface area contributed by atoms with Gasteiger partial charge in [-0.15, -0.1) is 0 Å². The predicted molar refractivity (Wildman–Crippen MR) is 97.5 cm³/mol. The Morgan fingerprint density at radius 1 is 0.960 bits per heavy atom. The molecule has 0 bridgehead atoms. The Morgan fingerprint density at radius 2 is 1.64 bits per heavy atom. The van der Waals surface area contributed by atoms with Gasteiger partial charge in [0.25, 0.3) is 0 Å². The maximum absolute atomic E-state index is 6.20. The van der Waals surface area contributed by atoms with Crippen LogP contribution in [0.3, 0.4) is 0 Å².